The van der Waals surface area contributed by atoms with Crippen LogP contribution in [0.2, 0.25) is 5.02 Å². The van der Waals surface area contributed by atoms with Crippen molar-refractivity contribution in [3.05, 3.63) is 58.6 Å². The van der Waals surface area contributed by atoms with E-state index in [1.807, 2.05) is 0 Å². The van der Waals surface area contributed by atoms with Crippen molar-refractivity contribution in [1.82, 2.24) is 0 Å². The Bertz CT molecular complexity index is 1040. The summed E-state index contributed by atoms with van der Waals surface area (Å²) in [6, 6.07) is 11.3. The van der Waals surface area contributed by atoms with Gasteiger partial charge in [-0.05, 0) is 55.3 Å². The summed E-state index contributed by atoms with van der Waals surface area (Å²) < 4.78 is 30.1. The van der Waals surface area contributed by atoms with Gasteiger partial charge in [0.05, 0.1) is 17.5 Å². The number of amides is 1. The van der Waals surface area contributed by atoms with Gasteiger partial charge in [-0.3, -0.25) is 9.10 Å². The first kappa shape index (κ1) is 20.2. The van der Waals surface area contributed by atoms with Crippen molar-refractivity contribution in [2.75, 3.05) is 22.4 Å². The molecule has 148 valence electrons. The number of rotatable bonds is 5. The van der Waals surface area contributed by atoms with Gasteiger partial charge in [0, 0.05) is 17.3 Å². The first-order chi connectivity index (χ1) is 13.1. The van der Waals surface area contributed by atoms with Crippen molar-refractivity contribution in [2.24, 2.45) is 0 Å². The molecule has 1 aliphatic heterocycles. The van der Waals surface area contributed by atoms with Gasteiger partial charge in [-0.15, -0.1) is 0 Å². The van der Waals surface area contributed by atoms with Crippen LogP contribution in [0.3, 0.4) is 0 Å². The van der Waals surface area contributed by atoms with Crippen molar-refractivity contribution in [2.45, 2.75) is 19.4 Å². The molecule has 0 saturated heterocycles. The van der Waals surface area contributed by atoms with Crippen molar-refractivity contribution in [3.63, 3.8) is 0 Å². The summed E-state index contributed by atoms with van der Waals surface area (Å²) in [5, 5.41) is 3.11. The highest BCUT2D eigenvalue weighted by atomic mass is 35.5. The van der Waals surface area contributed by atoms with E-state index in [-0.39, 0.29) is 5.56 Å². The average Bonchev–Trinajstić information content (AvgIpc) is 3.05. The van der Waals surface area contributed by atoms with Crippen LogP contribution in [0.5, 0.6) is 0 Å². The quantitative estimate of drug-likeness (QED) is 0.748. The predicted octanol–water partition coefficient (Wildman–Crippen LogP) is 2.85. The number of nitrogens with zero attached hydrogens (tertiary/aromatic N) is 1. The number of nitrogens with one attached hydrogen (secondary N) is 1. The zero-order chi connectivity index (χ0) is 20.5. The van der Waals surface area contributed by atoms with Gasteiger partial charge in [0.2, 0.25) is 10.0 Å². The Morgan fingerprint density at radius 2 is 1.96 bits per heavy atom. The van der Waals surface area contributed by atoms with E-state index in [4.69, 9.17) is 16.3 Å². The van der Waals surface area contributed by atoms with E-state index in [1.165, 1.54) is 17.3 Å². The van der Waals surface area contributed by atoms with Crippen LogP contribution in [-0.4, -0.2) is 39.2 Å². The lowest BCUT2D eigenvalue weighted by Gasteiger charge is -2.17. The maximum atomic E-state index is 12.4. The number of benzene rings is 2. The molecule has 0 spiro atoms. The lowest BCUT2D eigenvalue weighted by atomic mass is 10.1. The third kappa shape index (κ3) is 4.45. The minimum absolute atomic E-state index is 0.261. The fourth-order valence-corrected chi connectivity index (χ4v) is 4.08. The third-order valence-electron chi connectivity index (χ3n) is 4.31. The summed E-state index contributed by atoms with van der Waals surface area (Å²) in [7, 11) is -3.36. The molecule has 0 aromatic heterocycles. The van der Waals surface area contributed by atoms with E-state index in [1.54, 1.807) is 36.4 Å². The lowest BCUT2D eigenvalue weighted by Crippen LogP contribution is -2.30. The van der Waals surface area contributed by atoms with Crippen molar-refractivity contribution < 1.29 is 22.7 Å². The zero-order valence-corrected chi connectivity index (χ0v) is 16.9. The molecule has 0 bridgehead atoms. The highest BCUT2D eigenvalue weighted by Gasteiger charge is 2.27. The summed E-state index contributed by atoms with van der Waals surface area (Å²) in [4.78, 5) is 24.6. The molecule has 28 heavy (non-hydrogen) atoms. The molecule has 1 amide bonds. The molecule has 2 aromatic carbocycles. The highest BCUT2D eigenvalue weighted by molar-refractivity contribution is 7.92. The Hall–Kier alpha value is -2.58. The number of fused-ring (bicyclic) bond motifs is 1. The summed E-state index contributed by atoms with van der Waals surface area (Å²) in [5.74, 6) is -1.14. The average molecular weight is 423 g/mol. The fourth-order valence-electron chi connectivity index (χ4n) is 2.94. The number of carbonyl (C=O) groups excluding carboxylic acids is 2. The van der Waals surface area contributed by atoms with Gasteiger partial charge >= 0.3 is 5.97 Å². The molecular weight excluding hydrogens is 404 g/mol. The van der Waals surface area contributed by atoms with Crippen molar-refractivity contribution in [3.8, 4) is 0 Å². The van der Waals surface area contributed by atoms with E-state index in [2.05, 4.69) is 5.32 Å². The molecule has 0 saturated carbocycles. The van der Waals surface area contributed by atoms with Gasteiger partial charge in [0.15, 0.2) is 6.10 Å². The maximum Gasteiger partial charge on any atom is 0.338 e. The highest BCUT2D eigenvalue weighted by Crippen LogP contribution is 2.31. The number of esters is 1. The molecule has 3 rings (SSSR count). The van der Waals surface area contributed by atoms with Crippen LogP contribution < -0.4 is 9.62 Å². The van der Waals surface area contributed by atoms with Crippen molar-refractivity contribution in [1.29, 1.82) is 0 Å². The van der Waals surface area contributed by atoms with Crippen LogP contribution in [0.15, 0.2) is 42.5 Å². The summed E-state index contributed by atoms with van der Waals surface area (Å²) in [5.41, 5.74) is 2.07. The molecule has 0 aliphatic carbocycles. The normalized spacial score (nSPS) is 14.3. The van der Waals surface area contributed by atoms with Gasteiger partial charge in [-0.25, -0.2) is 13.2 Å². The van der Waals surface area contributed by atoms with Crippen LogP contribution in [0, 0.1) is 0 Å². The molecule has 0 radical (unpaired) electrons. The third-order valence-corrected chi connectivity index (χ3v) is 5.73. The SMILES string of the molecule is CC(OC(=O)c1ccc2c(c1)CCN2S(C)(=O)=O)C(=O)Nc1cccc(Cl)c1. The summed E-state index contributed by atoms with van der Waals surface area (Å²) in [6.07, 6.45) is 0.631. The Kier molecular flexibility index (Phi) is 5.62. The second-order valence-corrected chi connectivity index (χ2v) is 8.82. The molecule has 1 N–H and O–H groups in total. The molecule has 1 heterocycles. The van der Waals surface area contributed by atoms with Gasteiger partial charge in [-0.1, -0.05) is 17.7 Å². The van der Waals surface area contributed by atoms with Crippen LogP contribution in [-0.2, 0) is 26.0 Å². The molecule has 1 aliphatic rings. The second kappa shape index (κ2) is 7.81. The van der Waals surface area contributed by atoms with Crippen molar-refractivity contribution >= 4 is 44.9 Å². The van der Waals surface area contributed by atoms with E-state index < -0.39 is 28.0 Å². The van der Waals surface area contributed by atoms with E-state index in [9.17, 15) is 18.0 Å². The minimum atomic E-state index is -3.36. The molecule has 0 fully saturated rings. The Morgan fingerprint density at radius 1 is 1.21 bits per heavy atom. The standard InChI is InChI=1S/C19H19ClN2O5S/c1-12(18(23)21-16-5-3-4-15(20)11-16)27-19(24)14-6-7-17-13(10-14)8-9-22(17)28(2,25)26/h3-7,10-12H,8-9H2,1-2H3,(H,21,23). The summed E-state index contributed by atoms with van der Waals surface area (Å²) >= 11 is 5.88. The van der Waals surface area contributed by atoms with Crippen LogP contribution >= 0.6 is 11.6 Å². The number of hydrogen-bond acceptors (Lipinski definition) is 5. The molecule has 7 nitrogen and oxygen atoms in total. The van der Waals surface area contributed by atoms with Crippen LogP contribution in [0.1, 0.15) is 22.8 Å². The monoisotopic (exact) mass is 422 g/mol. The Morgan fingerprint density at radius 3 is 2.64 bits per heavy atom. The summed E-state index contributed by atoms with van der Waals surface area (Å²) in [6.45, 7) is 1.81. The smallest absolute Gasteiger partial charge is 0.338 e. The fraction of sp³-hybridized carbons (Fsp3) is 0.263. The maximum absolute atomic E-state index is 12.4. The minimum Gasteiger partial charge on any atom is -0.449 e. The van der Waals surface area contributed by atoms with Crippen LogP contribution in [0.4, 0.5) is 11.4 Å². The largest absolute Gasteiger partial charge is 0.449 e. The number of sulfonamides is 1. The van der Waals surface area contributed by atoms with E-state index in [0.717, 1.165) is 11.8 Å². The topological polar surface area (TPSA) is 92.8 Å². The van der Waals surface area contributed by atoms with Gasteiger partial charge in [0.25, 0.3) is 5.91 Å². The first-order valence-electron chi connectivity index (χ1n) is 8.53. The number of hydrogen-bond donors (Lipinski definition) is 1. The first-order valence-corrected chi connectivity index (χ1v) is 10.8. The zero-order valence-electron chi connectivity index (χ0n) is 15.3. The van der Waals surface area contributed by atoms with Gasteiger partial charge in [-0.2, -0.15) is 0 Å². The number of anilines is 2. The lowest BCUT2D eigenvalue weighted by molar-refractivity contribution is -0.123. The molecule has 1 atom stereocenters. The van der Waals surface area contributed by atoms with E-state index in [0.29, 0.717) is 29.4 Å². The Labute approximate surface area is 168 Å². The second-order valence-electron chi connectivity index (χ2n) is 6.48. The predicted molar refractivity (Wildman–Crippen MR) is 107 cm³/mol. The van der Waals surface area contributed by atoms with Gasteiger partial charge < -0.3 is 10.1 Å². The van der Waals surface area contributed by atoms with E-state index >= 15 is 0 Å². The number of ether oxygens (including phenoxy) is 1. The molecule has 9 heteroatoms. The Balaban J connectivity index is 1.67. The molecule has 1 unspecified atom stereocenters. The van der Waals surface area contributed by atoms with Gasteiger partial charge in [0.1, 0.15) is 0 Å². The molecular formula is C19H19ClN2O5S. The number of halogens is 1. The van der Waals surface area contributed by atoms with Crippen LogP contribution in [0.25, 0.3) is 0 Å². The molecule has 2 aromatic rings. The number of carbonyl (C=O) groups is 2.